The number of nitrogens with zero attached hydrogens (tertiary/aromatic N) is 2. The zero-order valence-electron chi connectivity index (χ0n) is 29.6. The molecule has 2 rings (SSSR count). The zero-order valence-corrected chi connectivity index (χ0v) is 29.6. The number of benzene rings is 1. The smallest absolute Gasteiger partial charge is 0.408 e. The summed E-state index contributed by atoms with van der Waals surface area (Å²) in [5.74, 6) is -0.328. The molecule has 0 spiro atoms. The Kier molecular flexibility index (Phi) is 16.5. The number of hydroxylamine groups is 4. The van der Waals surface area contributed by atoms with Gasteiger partial charge in [-0.1, -0.05) is 42.7 Å². The van der Waals surface area contributed by atoms with Crippen LogP contribution in [0.5, 0.6) is 0 Å². The van der Waals surface area contributed by atoms with E-state index in [9.17, 15) is 19.2 Å². The maximum Gasteiger partial charge on any atom is 0.408 e. The average Bonchev–Trinajstić information content (AvgIpc) is 2.93. The molecule has 1 fully saturated rings. The fraction of sp³-hybridized carbons (Fsp3) is 0.697. The molecule has 0 saturated heterocycles. The molecule has 1 aliphatic rings. The van der Waals surface area contributed by atoms with Crippen LogP contribution in [0.25, 0.3) is 0 Å². The molecule has 1 aromatic carbocycles. The normalized spacial score (nSPS) is 17.7. The second kappa shape index (κ2) is 18.7. The summed E-state index contributed by atoms with van der Waals surface area (Å²) in [6, 6.07) is 6.51. The third kappa shape index (κ3) is 16.2. The lowest BCUT2D eigenvalue weighted by Gasteiger charge is -2.31. The highest BCUT2D eigenvalue weighted by atomic mass is 16.7. The van der Waals surface area contributed by atoms with E-state index in [1.165, 1.54) is 28.3 Å². The number of rotatable bonds is 10. The van der Waals surface area contributed by atoms with Crippen molar-refractivity contribution in [1.82, 2.24) is 20.8 Å². The van der Waals surface area contributed by atoms with Gasteiger partial charge in [0, 0.05) is 26.6 Å². The summed E-state index contributed by atoms with van der Waals surface area (Å²) >= 11 is 0. The first-order valence-electron chi connectivity index (χ1n) is 15.7. The van der Waals surface area contributed by atoms with Crippen molar-refractivity contribution in [3.05, 3.63) is 35.4 Å². The van der Waals surface area contributed by atoms with E-state index >= 15 is 0 Å². The Morgan fingerprint density at radius 3 is 1.83 bits per heavy atom. The molecule has 46 heavy (non-hydrogen) atoms. The number of alkyl carbamates (subject to hydrolysis) is 2. The number of carbonyl (C=O) groups is 4. The molecule has 4 atom stereocenters. The van der Waals surface area contributed by atoms with E-state index in [1.54, 1.807) is 41.5 Å². The Bertz CT molecular complexity index is 1130. The first-order chi connectivity index (χ1) is 21.2. The standard InChI is InChI=1S/C17H26N2O4.C16H31N3O4/c1-12-8-7-9-13(10-12)11-14(15(20)19(5)22-6)18-16(21)23-17(2,3)4;1-16(2,3)23-15(21)18-13(14(20)19(4)22-5)10-11-7-6-8-12(17)9-11/h7-10,14H,11H2,1-6H3,(H,18,21);11-13H,6-10,17H2,1-5H3,(H,18,21)/t14-;11?,12?,13-/m00/s1. The number of aryl methyl sites for hydroxylation is 1. The molecule has 0 aliphatic heterocycles. The van der Waals surface area contributed by atoms with Crippen molar-refractivity contribution in [3.63, 3.8) is 0 Å². The molecule has 0 radical (unpaired) electrons. The lowest BCUT2D eigenvalue weighted by atomic mass is 9.82. The van der Waals surface area contributed by atoms with Crippen LogP contribution < -0.4 is 16.4 Å². The Morgan fingerprint density at radius 2 is 1.37 bits per heavy atom. The van der Waals surface area contributed by atoms with Gasteiger partial charge in [-0.15, -0.1) is 0 Å². The Hall–Kier alpha value is -3.42. The van der Waals surface area contributed by atoms with Crippen LogP contribution in [-0.2, 0) is 35.2 Å². The largest absolute Gasteiger partial charge is 0.444 e. The number of nitrogens with one attached hydrogen (secondary N) is 2. The summed E-state index contributed by atoms with van der Waals surface area (Å²) in [6.45, 7) is 12.6. The zero-order chi connectivity index (χ0) is 35.2. The van der Waals surface area contributed by atoms with Gasteiger partial charge in [-0.25, -0.2) is 19.7 Å². The average molecular weight is 652 g/mol. The van der Waals surface area contributed by atoms with Gasteiger partial charge in [0.2, 0.25) is 0 Å². The molecule has 262 valence electrons. The van der Waals surface area contributed by atoms with Gasteiger partial charge in [-0.05, 0) is 79.2 Å². The van der Waals surface area contributed by atoms with Gasteiger partial charge in [0.25, 0.3) is 11.8 Å². The lowest BCUT2D eigenvalue weighted by molar-refractivity contribution is -0.171. The van der Waals surface area contributed by atoms with Crippen LogP contribution in [0.4, 0.5) is 9.59 Å². The summed E-state index contributed by atoms with van der Waals surface area (Å²) in [5, 5.41) is 7.53. The van der Waals surface area contributed by atoms with Gasteiger partial charge in [-0.2, -0.15) is 0 Å². The summed E-state index contributed by atoms with van der Waals surface area (Å²) in [4.78, 5) is 58.7. The summed E-state index contributed by atoms with van der Waals surface area (Å²) in [5.41, 5.74) is 6.81. The lowest BCUT2D eigenvalue weighted by Crippen LogP contribution is -2.49. The van der Waals surface area contributed by atoms with Crippen molar-refractivity contribution in [2.75, 3.05) is 28.3 Å². The molecular formula is C33H57N5O8. The van der Waals surface area contributed by atoms with Crippen molar-refractivity contribution in [1.29, 1.82) is 0 Å². The maximum absolute atomic E-state index is 12.4. The molecule has 4 amide bonds. The van der Waals surface area contributed by atoms with Crippen molar-refractivity contribution in [3.8, 4) is 0 Å². The van der Waals surface area contributed by atoms with Crippen LogP contribution in [0.2, 0.25) is 0 Å². The monoisotopic (exact) mass is 651 g/mol. The number of hydrogen-bond donors (Lipinski definition) is 3. The molecule has 1 saturated carbocycles. The third-order valence-electron chi connectivity index (χ3n) is 7.06. The minimum atomic E-state index is -0.767. The Balaban J connectivity index is 0.000000460. The van der Waals surface area contributed by atoms with E-state index in [0.29, 0.717) is 18.8 Å². The topological polar surface area (TPSA) is 162 Å². The molecule has 2 unspecified atom stereocenters. The van der Waals surface area contributed by atoms with Gasteiger partial charge in [0.15, 0.2) is 0 Å². The highest BCUT2D eigenvalue weighted by molar-refractivity contribution is 5.85. The molecular weight excluding hydrogens is 594 g/mol. The van der Waals surface area contributed by atoms with E-state index in [1.807, 2.05) is 31.2 Å². The number of amides is 4. The molecule has 0 bridgehead atoms. The third-order valence-corrected chi connectivity index (χ3v) is 7.06. The van der Waals surface area contributed by atoms with Gasteiger partial charge in [-0.3, -0.25) is 19.3 Å². The maximum atomic E-state index is 12.4. The molecule has 0 aromatic heterocycles. The molecule has 1 aromatic rings. The van der Waals surface area contributed by atoms with E-state index in [0.717, 1.165) is 46.9 Å². The minimum Gasteiger partial charge on any atom is -0.444 e. The van der Waals surface area contributed by atoms with Crippen LogP contribution >= 0.6 is 0 Å². The van der Waals surface area contributed by atoms with E-state index in [-0.39, 0.29) is 17.9 Å². The summed E-state index contributed by atoms with van der Waals surface area (Å²) < 4.78 is 10.5. The first-order valence-corrected chi connectivity index (χ1v) is 15.7. The van der Waals surface area contributed by atoms with Gasteiger partial charge < -0.3 is 25.8 Å². The molecule has 13 heteroatoms. The van der Waals surface area contributed by atoms with Crippen molar-refractivity contribution in [2.24, 2.45) is 11.7 Å². The van der Waals surface area contributed by atoms with Gasteiger partial charge in [0.05, 0.1) is 14.2 Å². The predicted molar refractivity (Wildman–Crippen MR) is 175 cm³/mol. The SMILES string of the molecule is CON(C)C(=O)[C@H](CC1CCCC(N)C1)NC(=O)OC(C)(C)C.CON(C)C(=O)[C@H](Cc1cccc(C)c1)NC(=O)OC(C)(C)C. The fourth-order valence-corrected chi connectivity index (χ4v) is 4.89. The highest BCUT2D eigenvalue weighted by Crippen LogP contribution is 2.27. The van der Waals surface area contributed by atoms with E-state index in [4.69, 9.17) is 24.9 Å². The number of nitrogens with two attached hydrogens (primary N) is 1. The van der Waals surface area contributed by atoms with Crippen LogP contribution in [0.15, 0.2) is 24.3 Å². The fourth-order valence-electron chi connectivity index (χ4n) is 4.89. The van der Waals surface area contributed by atoms with Crippen molar-refractivity contribution in [2.45, 2.75) is 116 Å². The summed E-state index contributed by atoms with van der Waals surface area (Å²) in [6.07, 6.45) is 3.63. The number of ether oxygens (including phenoxy) is 2. The van der Waals surface area contributed by atoms with Gasteiger partial charge >= 0.3 is 12.2 Å². The van der Waals surface area contributed by atoms with Gasteiger partial charge in [0.1, 0.15) is 23.3 Å². The molecule has 0 heterocycles. The Morgan fingerprint density at radius 1 is 0.870 bits per heavy atom. The van der Waals surface area contributed by atoms with Crippen molar-refractivity contribution < 1.29 is 38.3 Å². The first kappa shape index (κ1) is 40.6. The van der Waals surface area contributed by atoms with E-state index < -0.39 is 35.5 Å². The highest BCUT2D eigenvalue weighted by Gasteiger charge is 2.31. The second-order valence-electron chi connectivity index (χ2n) is 13.7. The van der Waals surface area contributed by atoms with Crippen LogP contribution in [0, 0.1) is 12.8 Å². The number of hydrogen-bond acceptors (Lipinski definition) is 9. The number of carbonyl (C=O) groups excluding carboxylic acids is 4. The van der Waals surface area contributed by atoms with E-state index in [2.05, 4.69) is 10.6 Å². The van der Waals surface area contributed by atoms with Crippen LogP contribution in [-0.4, -0.2) is 91.8 Å². The molecule has 4 N–H and O–H groups in total. The quantitative estimate of drug-likeness (QED) is 0.314. The van der Waals surface area contributed by atoms with Crippen molar-refractivity contribution >= 4 is 24.0 Å². The molecule has 1 aliphatic carbocycles. The Labute approximate surface area is 274 Å². The van der Waals surface area contributed by atoms with Crippen LogP contribution in [0.1, 0.15) is 84.8 Å². The summed E-state index contributed by atoms with van der Waals surface area (Å²) in [7, 11) is 5.84. The predicted octanol–water partition coefficient (Wildman–Crippen LogP) is 4.26. The van der Waals surface area contributed by atoms with Crippen LogP contribution in [0.3, 0.4) is 0 Å². The second-order valence-corrected chi connectivity index (χ2v) is 13.7. The number of likely N-dealkylation sites (N-methyl/N-ethyl adjacent to an activating group) is 2. The minimum absolute atomic E-state index is 0.172. The molecule has 13 nitrogen and oxygen atoms in total.